The van der Waals surface area contributed by atoms with Crippen LogP contribution in [0.25, 0.3) is 4.85 Å². The minimum atomic E-state index is 0.175. The van der Waals surface area contributed by atoms with Gasteiger partial charge in [-0.3, -0.25) is 0 Å². The fourth-order valence-electron chi connectivity index (χ4n) is 0.502. The molecule has 52 valence electrons. The molecule has 0 heterocycles. The van der Waals surface area contributed by atoms with E-state index in [-0.39, 0.29) is 6.54 Å². The Bertz CT molecular complexity index is 202. The van der Waals surface area contributed by atoms with Crippen LogP contribution in [0.15, 0.2) is 11.8 Å². The zero-order chi connectivity index (χ0) is 7.98. The minimum absolute atomic E-state index is 0.175. The number of nitriles is 1. The van der Waals surface area contributed by atoms with Crippen molar-refractivity contribution in [3.8, 4) is 6.07 Å². The summed E-state index contributed by atoms with van der Waals surface area (Å²) >= 11 is 0. The highest BCUT2D eigenvalue weighted by Crippen LogP contribution is 1.93. The maximum Gasteiger partial charge on any atom is 0.250 e. The predicted octanol–water partition coefficient (Wildman–Crippen LogP) is 0.875. The summed E-state index contributed by atoms with van der Waals surface area (Å²) in [5.41, 5.74) is 0.500. The molecule has 0 radical (unpaired) electrons. The molecular formula is C7H9N3. The molecule has 0 fully saturated rings. The lowest BCUT2D eigenvalue weighted by Crippen LogP contribution is -2.03. The molecule has 10 heavy (non-hydrogen) atoms. The molecule has 3 nitrogen and oxygen atoms in total. The lowest BCUT2D eigenvalue weighted by Gasteiger charge is -2.02. The molecule has 0 spiro atoms. The van der Waals surface area contributed by atoms with Gasteiger partial charge in [0.25, 0.3) is 6.54 Å². The van der Waals surface area contributed by atoms with Gasteiger partial charge >= 0.3 is 0 Å². The first-order valence-electron chi connectivity index (χ1n) is 2.81. The highest BCUT2D eigenvalue weighted by molar-refractivity contribution is 5.23. The van der Waals surface area contributed by atoms with Crippen LogP contribution in [0.4, 0.5) is 0 Å². The van der Waals surface area contributed by atoms with Gasteiger partial charge in [-0.25, -0.2) is 6.57 Å². The topological polar surface area (TPSA) is 31.4 Å². The summed E-state index contributed by atoms with van der Waals surface area (Å²) in [6.45, 7) is 6.67. The van der Waals surface area contributed by atoms with Gasteiger partial charge < -0.3 is 9.74 Å². The Kier molecular flexibility index (Phi) is 3.75. The van der Waals surface area contributed by atoms with Crippen LogP contribution in [-0.2, 0) is 0 Å². The third kappa shape index (κ3) is 3.51. The third-order valence-electron chi connectivity index (χ3n) is 0.807. The van der Waals surface area contributed by atoms with Crippen LogP contribution in [0.5, 0.6) is 0 Å². The Morgan fingerprint density at radius 3 is 2.70 bits per heavy atom. The number of rotatable bonds is 2. The van der Waals surface area contributed by atoms with Crippen LogP contribution in [0, 0.1) is 17.9 Å². The minimum Gasteiger partial charge on any atom is -0.382 e. The number of hydrogen-bond donors (Lipinski definition) is 0. The van der Waals surface area contributed by atoms with E-state index in [1.54, 1.807) is 11.1 Å². The van der Waals surface area contributed by atoms with Crippen LogP contribution in [0.3, 0.4) is 0 Å². The van der Waals surface area contributed by atoms with Crippen LogP contribution in [0.1, 0.15) is 0 Å². The van der Waals surface area contributed by atoms with Gasteiger partial charge in [-0.15, -0.1) is 0 Å². The predicted molar refractivity (Wildman–Crippen MR) is 38.9 cm³/mol. The fourth-order valence-corrected chi connectivity index (χ4v) is 0.502. The van der Waals surface area contributed by atoms with Gasteiger partial charge in [-0.2, -0.15) is 5.26 Å². The average molecular weight is 135 g/mol. The van der Waals surface area contributed by atoms with Gasteiger partial charge in [0.05, 0.1) is 0 Å². The van der Waals surface area contributed by atoms with Crippen molar-refractivity contribution in [2.45, 2.75) is 0 Å². The maximum absolute atomic E-state index is 8.42. The van der Waals surface area contributed by atoms with Crippen LogP contribution < -0.4 is 0 Å². The van der Waals surface area contributed by atoms with Crippen molar-refractivity contribution in [3.63, 3.8) is 0 Å². The van der Waals surface area contributed by atoms with Gasteiger partial charge in [0, 0.05) is 20.3 Å². The van der Waals surface area contributed by atoms with Crippen molar-refractivity contribution < 1.29 is 0 Å². The lowest BCUT2D eigenvalue weighted by molar-refractivity contribution is 0.560. The van der Waals surface area contributed by atoms with Crippen LogP contribution in [-0.4, -0.2) is 25.5 Å². The summed E-state index contributed by atoms with van der Waals surface area (Å²) < 4.78 is 0. The first kappa shape index (κ1) is 8.52. The molecule has 0 saturated carbocycles. The second-order valence-corrected chi connectivity index (χ2v) is 2.05. The lowest BCUT2D eigenvalue weighted by atomic mass is 10.3. The van der Waals surface area contributed by atoms with Crippen molar-refractivity contribution in [1.82, 2.24) is 4.90 Å². The Morgan fingerprint density at radius 1 is 1.80 bits per heavy atom. The molecule has 0 atom stereocenters. The average Bonchev–Trinajstić information content (AvgIpc) is 1.86. The van der Waals surface area contributed by atoms with Crippen LogP contribution in [0.2, 0.25) is 0 Å². The van der Waals surface area contributed by atoms with E-state index in [4.69, 9.17) is 11.8 Å². The zero-order valence-electron chi connectivity index (χ0n) is 6.13. The molecule has 0 amide bonds. The molecule has 0 aliphatic rings. The van der Waals surface area contributed by atoms with Gasteiger partial charge in [0.2, 0.25) is 0 Å². The van der Waals surface area contributed by atoms with E-state index in [1.165, 1.54) is 0 Å². The van der Waals surface area contributed by atoms with Crippen molar-refractivity contribution >= 4 is 0 Å². The molecule has 0 bridgehead atoms. The highest BCUT2D eigenvalue weighted by Gasteiger charge is 1.96. The largest absolute Gasteiger partial charge is 0.382 e. The van der Waals surface area contributed by atoms with Crippen LogP contribution >= 0.6 is 0 Å². The molecule has 0 N–H and O–H groups in total. The summed E-state index contributed by atoms with van der Waals surface area (Å²) in [5, 5.41) is 8.42. The molecule has 0 aromatic heterocycles. The van der Waals surface area contributed by atoms with E-state index >= 15 is 0 Å². The fraction of sp³-hybridized carbons (Fsp3) is 0.429. The SMILES string of the molecule is [C-]#[N+]C/C(C#N)=C/N(C)C. The molecule has 3 heteroatoms. The van der Waals surface area contributed by atoms with E-state index < -0.39 is 0 Å². The monoisotopic (exact) mass is 135 g/mol. The number of nitrogens with zero attached hydrogens (tertiary/aromatic N) is 3. The maximum atomic E-state index is 8.42. The smallest absolute Gasteiger partial charge is 0.250 e. The van der Waals surface area contributed by atoms with Crippen molar-refractivity contribution in [3.05, 3.63) is 23.2 Å². The third-order valence-corrected chi connectivity index (χ3v) is 0.807. The van der Waals surface area contributed by atoms with Gasteiger partial charge in [0.1, 0.15) is 11.6 Å². The summed E-state index contributed by atoms with van der Waals surface area (Å²) in [4.78, 5) is 4.85. The molecule has 0 aliphatic carbocycles. The standard InChI is InChI=1S/C7H9N3/c1-9-5-7(4-8)6-10(2)3/h6H,5H2,2-3H3/b7-6+. The zero-order valence-corrected chi connectivity index (χ0v) is 6.13. The van der Waals surface area contributed by atoms with E-state index in [1.807, 2.05) is 20.2 Å². The Morgan fingerprint density at radius 2 is 2.40 bits per heavy atom. The van der Waals surface area contributed by atoms with Gasteiger partial charge in [-0.1, -0.05) is 0 Å². The molecule has 0 aromatic rings. The molecule has 0 rings (SSSR count). The summed E-state index contributed by atoms with van der Waals surface area (Å²) in [7, 11) is 3.64. The Hall–Kier alpha value is -1.48. The van der Waals surface area contributed by atoms with E-state index in [2.05, 4.69) is 4.85 Å². The summed E-state index contributed by atoms with van der Waals surface area (Å²) in [6, 6.07) is 1.94. The van der Waals surface area contributed by atoms with E-state index in [0.29, 0.717) is 5.57 Å². The first-order chi connectivity index (χ1) is 4.70. The normalized spacial score (nSPS) is 9.80. The van der Waals surface area contributed by atoms with Gasteiger partial charge in [0.15, 0.2) is 0 Å². The molecule has 0 saturated heterocycles. The highest BCUT2D eigenvalue weighted by atomic mass is 15.0. The number of hydrogen-bond acceptors (Lipinski definition) is 2. The first-order valence-corrected chi connectivity index (χ1v) is 2.81. The summed E-state index contributed by atoms with van der Waals surface area (Å²) in [5.74, 6) is 0. The molecule has 0 unspecified atom stereocenters. The quantitative estimate of drug-likeness (QED) is 0.415. The molecule has 0 aliphatic heterocycles. The van der Waals surface area contributed by atoms with E-state index in [9.17, 15) is 0 Å². The molecular weight excluding hydrogens is 126 g/mol. The Balaban J connectivity index is 4.11. The second kappa shape index (κ2) is 4.40. The second-order valence-electron chi connectivity index (χ2n) is 2.05. The summed E-state index contributed by atoms with van der Waals surface area (Å²) in [6.07, 6.45) is 1.65. The Labute approximate surface area is 61.0 Å². The van der Waals surface area contributed by atoms with Crippen molar-refractivity contribution in [2.75, 3.05) is 20.6 Å². The van der Waals surface area contributed by atoms with E-state index in [0.717, 1.165) is 0 Å². The van der Waals surface area contributed by atoms with Gasteiger partial charge in [-0.05, 0) is 0 Å². The van der Waals surface area contributed by atoms with Crippen molar-refractivity contribution in [1.29, 1.82) is 5.26 Å². The van der Waals surface area contributed by atoms with Crippen molar-refractivity contribution in [2.24, 2.45) is 0 Å². The molecule has 0 aromatic carbocycles.